The summed E-state index contributed by atoms with van der Waals surface area (Å²) in [6, 6.07) is 9.19. The molecule has 0 aliphatic carbocycles. The number of benzene rings is 1. The Balaban J connectivity index is 2.93. The van der Waals surface area contributed by atoms with Gasteiger partial charge < -0.3 is 0 Å². The van der Waals surface area contributed by atoms with Crippen LogP contribution in [0.25, 0.3) is 0 Å². The molecule has 0 amide bonds. The third-order valence-electron chi connectivity index (χ3n) is 1.56. The Kier molecular flexibility index (Phi) is 4.01. The summed E-state index contributed by atoms with van der Waals surface area (Å²) in [4.78, 5) is 11.8. The lowest BCUT2D eigenvalue weighted by atomic mass is 10.1. The van der Waals surface area contributed by atoms with Gasteiger partial charge in [-0.05, 0) is 6.26 Å². The molecule has 0 aromatic heterocycles. The smallest absolute Gasteiger partial charge is 0.200 e. The highest BCUT2D eigenvalue weighted by molar-refractivity contribution is 9.28. The number of hydrogen-bond donors (Lipinski definition) is 0. The summed E-state index contributed by atoms with van der Waals surface area (Å²) >= 11 is 8.04. The minimum absolute atomic E-state index is 0.0283. The third-order valence-corrected chi connectivity index (χ3v) is 4.92. The molecular formula is C9H8Br2OS. The number of thioether (sulfide) groups is 1. The zero-order valence-electron chi connectivity index (χ0n) is 6.96. The third kappa shape index (κ3) is 2.82. The molecule has 0 N–H and O–H groups in total. The molecule has 1 nitrogen and oxygen atoms in total. The molecule has 1 aromatic rings. The number of Topliss-reactive ketones (excluding diaryl/α,β-unsaturated/α-hetero) is 1. The van der Waals surface area contributed by atoms with Crippen molar-refractivity contribution in [3.05, 3.63) is 35.9 Å². The number of ketones is 1. The van der Waals surface area contributed by atoms with E-state index in [0.717, 1.165) is 0 Å². The highest BCUT2D eigenvalue weighted by Gasteiger charge is 2.31. The van der Waals surface area contributed by atoms with Crippen molar-refractivity contribution in [2.45, 2.75) is 2.57 Å². The van der Waals surface area contributed by atoms with Gasteiger partial charge in [0.25, 0.3) is 0 Å². The van der Waals surface area contributed by atoms with E-state index < -0.39 is 2.57 Å². The maximum atomic E-state index is 11.8. The fourth-order valence-corrected chi connectivity index (χ4v) is 1.61. The Morgan fingerprint density at radius 2 is 1.85 bits per heavy atom. The average Bonchev–Trinajstić information content (AvgIpc) is 2.18. The molecule has 0 atom stereocenters. The average molecular weight is 324 g/mol. The van der Waals surface area contributed by atoms with Crippen LogP contribution in [-0.4, -0.2) is 14.6 Å². The first kappa shape index (κ1) is 11.3. The zero-order chi connectivity index (χ0) is 9.90. The van der Waals surface area contributed by atoms with E-state index in [1.165, 1.54) is 11.8 Å². The van der Waals surface area contributed by atoms with Gasteiger partial charge in [0.15, 0.2) is 8.35 Å². The van der Waals surface area contributed by atoms with Crippen molar-refractivity contribution in [2.24, 2.45) is 0 Å². The number of alkyl halides is 2. The van der Waals surface area contributed by atoms with Gasteiger partial charge in [0.05, 0.1) is 0 Å². The molecule has 1 rings (SSSR count). The van der Waals surface area contributed by atoms with Crippen LogP contribution >= 0.6 is 43.6 Å². The molecule has 0 fully saturated rings. The summed E-state index contributed by atoms with van der Waals surface area (Å²) in [5.74, 6) is 0.0283. The quantitative estimate of drug-likeness (QED) is 0.623. The molecule has 0 bridgehead atoms. The van der Waals surface area contributed by atoms with Crippen molar-refractivity contribution < 1.29 is 4.79 Å². The van der Waals surface area contributed by atoms with Crippen molar-refractivity contribution in [2.75, 3.05) is 6.26 Å². The summed E-state index contributed by atoms with van der Waals surface area (Å²) < 4.78 is -0.693. The summed E-state index contributed by atoms with van der Waals surface area (Å²) in [6.45, 7) is 0. The molecule has 0 unspecified atom stereocenters. The summed E-state index contributed by atoms with van der Waals surface area (Å²) in [6.07, 6.45) is 1.87. The zero-order valence-corrected chi connectivity index (χ0v) is 10.9. The van der Waals surface area contributed by atoms with Crippen LogP contribution in [0.15, 0.2) is 30.3 Å². The van der Waals surface area contributed by atoms with Gasteiger partial charge in [-0.2, -0.15) is 0 Å². The van der Waals surface area contributed by atoms with Crippen LogP contribution in [0.3, 0.4) is 0 Å². The molecule has 0 aliphatic heterocycles. The van der Waals surface area contributed by atoms with E-state index in [4.69, 9.17) is 0 Å². The Bertz CT molecular complexity index is 298. The molecular weight excluding hydrogens is 316 g/mol. The normalized spacial score (nSPS) is 11.3. The van der Waals surface area contributed by atoms with E-state index in [-0.39, 0.29) is 5.78 Å². The molecule has 0 saturated heterocycles. The van der Waals surface area contributed by atoms with Crippen molar-refractivity contribution in [3.8, 4) is 0 Å². The van der Waals surface area contributed by atoms with E-state index in [1.54, 1.807) is 12.1 Å². The topological polar surface area (TPSA) is 17.1 Å². The Labute approximate surface area is 98.5 Å². The standard InChI is InChI=1S/C9H8Br2OS/c1-13-9(10,11)8(12)7-5-3-2-4-6-7/h2-6H,1H3. The molecule has 0 saturated carbocycles. The number of carbonyl (C=O) groups excluding carboxylic acids is 1. The fourth-order valence-electron chi connectivity index (χ4n) is 0.850. The van der Waals surface area contributed by atoms with Crippen molar-refractivity contribution in [3.63, 3.8) is 0 Å². The summed E-state index contributed by atoms with van der Waals surface area (Å²) in [5, 5.41) is 0. The molecule has 0 radical (unpaired) electrons. The predicted octanol–water partition coefficient (Wildman–Crippen LogP) is 3.68. The molecule has 70 valence electrons. The first-order chi connectivity index (χ1) is 6.08. The van der Waals surface area contributed by atoms with E-state index in [0.29, 0.717) is 5.56 Å². The maximum Gasteiger partial charge on any atom is 0.200 e. The van der Waals surface area contributed by atoms with Crippen LogP contribution in [0.1, 0.15) is 10.4 Å². The van der Waals surface area contributed by atoms with E-state index >= 15 is 0 Å². The predicted molar refractivity (Wildman–Crippen MR) is 64.9 cm³/mol. The molecule has 0 spiro atoms. The second-order valence-corrected chi connectivity index (χ2v) is 7.93. The lowest BCUT2D eigenvalue weighted by molar-refractivity contribution is 0.101. The SMILES string of the molecule is CSC(Br)(Br)C(=O)c1ccccc1. The number of rotatable bonds is 3. The second-order valence-electron chi connectivity index (χ2n) is 2.42. The number of carbonyl (C=O) groups is 1. The second kappa shape index (κ2) is 4.62. The van der Waals surface area contributed by atoms with Crippen molar-refractivity contribution >= 4 is 49.4 Å². The van der Waals surface area contributed by atoms with Gasteiger partial charge in [-0.3, -0.25) is 4.79 Å². The number of halogens is 2. The minimum atomic E-state index is -0.693. The fraction of sp³-hybridized carbons (Fsp3) is 0.222. The molecule has 1 aromatic carbocycles. The lowest BCUT2D eigenvalue weighted by Gasteiger charge is -2.15. The van der Waals surface area contributed by atoms with Crippen LogP contribution in [0.2, 0.25) is 0 Å². The molecule has 4 heteroatoms. The van der Waals surface area contributed by atoms with E-state index in [9.17, 15) is 4.79 Å². The van der Waals surface area contributed by atoms with Gasteiger partial charge in [0.2, 0.25) is 0 Å². The molecule has 0 aliphatic rings. The highest BCUT2D eigenvalue weighted by Crippen LogP contribution is 2.39. The van der Waals surface area contributed by atoms with E-state index in [2.05, 4.69) is 31.9 Å². The lowest BCUT2D eigenvalue weighted by Crippen LogP contribution is -2.20. The van der Waals surface area contributed by atoms with Gasteiger partial charge in [-0.15, -0.1) is 11.8 Å². The van der Waals surface area contributed by atoms with Gasteiger partial charge in [-0.25, -0.2) is 0 Å². The van der Waals surface area contributed by atoms with E-state index in [1.807, 2.05) is 24.5 Å². The monoisotopic (exact) mass is 322 g/mol. The largest absolute Gasteiger partial charge is 0.291 e. The van der Waals surface area contributed by atoms with Gasteiger partial charge >= 0.3 is 0 Å². The Hall–Kier alpha value is 0.200. The van der Waals surface area contributed by atoms with Gasteiger partial charge in [0, 0.05) is 5.56 Å². The Morgan fingerprint density at radius 1 is 1.31 bits per heavy atom. The van der Waals surface area contributed by atoms with Crippen LogP contribution < -0.4 is 0 Å². The van der Waals surface area contributed by atoms with Crippen LogP contribution in [0.4, 0.5) is 0 Å². The van der Waals surface area contributed by atoms with Crippen LogP contribution in [-0.2, 0) is 0 Å². The van der Waals surface area contributed by atoms with Crippen molar-refractivity contribution in [1.82, 2.24) is 0 Å². The van der Waals surface area contributed by atoms with Crippen molar-refractivity contribution in [1.29, 1.82) is 0 Å². The number of hydrogen-bond acceptors (Lipinski definition) is 2. The van der Waals surface area contributed by atoms with Crippen LogP contribution in [0.5, 0.6) is 0 Å². The molecule has 13 heavy (non-hydrogen) atoms. The summed E-state index contributed by atoms with van der Waals surface area (Å²) in [7, 11) is 0. The Morgan fingerprint density at radius 3 is 2.31 bits per heavy atom. The van der Waals surface area contributed by atoms with Gasteiger partial charge in [0.1, 0.15) is 0 Å². The van der Waals surface area contributed by atoms with Crippen LogP contribution in [0, 0.1) is 0 Å². The maximum absolute atomic E-state index is 11.8. The molecule has 0 heterocycles. The van der Waals surface area contributed by atoms with Gasteiger partial charge in [-0.1, -0.05) is 62.2 Å². The highest BCUT2D eigenvalue weighted by atomic mass is 79.9. The first-order valence-corrected chi connectivity index (χ1v) is 6.42. The first-order valence-electron chi connectivity index (χ1n) is 3.61. The summed E-state index contributed by atoms with van der Waals surface area (Å²) in [5.41, 5.74) is 0.700. The minimum Gasteiger partial charge on any atom is -0.291 e.